The van der Waals surface area contributed by atoms with E-state index < -0.39 is 10.0 Å². The third kappa shape index (κ3) is 5.96. The number of para-hydroxylation sites is 2. The van der Waals surface area contributed by atoms with Crippen molar-refractivity contribution < 1.29 is 13.2 Å². The van der Waals surface area contributed by atoms with Crippen LogP contribution >= 0.6 is 22.7 Å². The predicted molar refractivity (Wildman–Crippen MR) is 188 cm³/mol. The summed E-state index contributed by atoms with van der Waals surface area (Å²) in [5.41, 5.74) is 5.43. The molecule has 232 valence electrons. The highest BCUT2D eigenvalue weighted by atomic mass is 32.2. The number of amides is 1. The van der Waals surface area contributed by atoms with Crippen LogP contribution in [0.4, 0.5) is 10.7 Å². The summed E-state index contributed by atoms with van der Waals surface area (Å²) in [6.45, 7) is 4.67. The molecule has 0 unspecified atom stereocenters. The van der Waals surface area contributed by atoms with E-state index in [1.54, 1.807) is 53.9 Å². The van der Waals surface area contributed by atoms with Crippen LogP contribution < -0.4 is 9.62 Å². The molecule has 0 fully saturated rings. The Morgan fingerprint density at radius 3 is 2.30 bits per heavy atom. The summed E-state index contributed by atoms with van der Waals surface area (Å²) >= 11 is 3.24. The first-order valence-electron chi connectivity index (χ1n) is 15.2. The topological polar surface area (TPSA) is 82.6 Å². The number of hydrogen-bond donors (Lipinski definition) is 1. The van der Waals surface area contributed by atoms with Gasteiger partial charge in [0.2, 0.25) is 0 Å². The van der Waals surface area contributed by atoms with Gasteiger partial charge >= 0.3 is 0 Å². The Hall–Kier alpha value is -4.35. The first-order valence-corrected chi connectivity index (χ1v) is 18.2. The van der Waals surface area contributed by atoms with Crippen LogP contribution in [0.15, 0.2) is 114 Å². The Balaban J connectivity index is 1.18. The molecular formula is C36H32N4O3S3. The molecule has 0 radical (unpaired) electrons. The van der Waals surface area contributed by atoms with E-state index in [0.29, 0.717) is 11.3 Å². The highest BCUT2D eigenvalue weighted by Crippen LogP contribution is 2.46. The summed E-state index contributed by atoms with van der Waals surface area (Å²) in [7, 11) is -3.80. The van der Waals surface area contributed by atoms with Crippen LogP contribution in [-0.4, -0.2) is 37.3 Å². The molecule has 1 aliphatic rings. The number of sulfonamides is 1. The molecule has 1 aliphatic heterocycles. The fourth-order valence-electron chi connectivity index (χ4n) is 5.89. The van der Waals surface area contributed by atoms with E-state index in [0.717, 1.165) is 51.8 Å². The van der Waals surface area contributed by atoms with Crippen molar-refractivity contribution in [1.82, 2.24) is 9.88 Å². The maximum absolute atomic E-state index is 13.7. The van der Waals surface area contributed by atoms with Crippen molar-refractivity contribution in [2.24, 2.45) is 0 Å². The Kier molecular flexibility index (Phi) is 8.44. The number of nitrogens with zero attached hydrogens (tertiary/aromatic N) is 3. The quantitative estimate of drug-likeness (QED) is 0.169. The van der Waals surface area contributed by atoms with Gasteiger partial charge in [-0.15, -0.1) is 22.7 Å². The number of thiazole rings is 1. The van der Waals surface area contributed by atoms with Gasteiger partial charge in [-0.1, -0.05) is 60.7 Å². The Bertz CT molecular complexity index is 2080. The molecule has 7 nitrogen and oxygen atoms in total. The number of hydrogen-bond acceptors (Lipinski definition) is 7. The molecule has 0 saturated carbocycles. The van der Waals surface area contributed by atoms with Crippen molar-refractivity contribution >= 4 is 59.5 Å². The molecule has 0 saturated heterocycles. The molecule has 1 N–H and O–H groups in total. The average molecular weight is 665 g/mol. The molecule has 0 bridgehead atoms. The van der Waals surface area contributed by atoms with Crippen molar-refractivity contribution in [2.45, 2.75) is 31.3 Å². The lowest BCUT2D eigenvalue weighted by Crippen LogP contribution is -2.30. The van der Waals surface area contributed by atoms with Crippen molar-refractivity contribution in [3.63, 3.8) is 0 Å². The number of anilines is 2. The van der Waals surface area contributed by atoms with E-state index in [1.807, 2.05) is 42.5 Å². The summed E-state index contributed by atoms with van der Waals surface area (Å²) < 4.78 is 29.4. The average Bonchev–Trinajstić information content (AvgIpc) is 3.66. The van der Waals surface area contributed by atoms with Crippen LogP contribution in [0.3, 0.4) is 0 Å². The van der Waals surface area contributed by atoms with Gasteiger partial charge in [-0.25, -0.2) is 13.4 Å². The largest absolute Gasteiger partial charge is 0.313 e. The maximum atomic E-state index is 13.7. The zero-order valence-electron chi connectivity index (χ0n) is 25.2. The molecule has 4 aromatic carbocycles. The zero-order chi connectivity index (χ0) is 31.7. The number of carbonyl (C=O) groups is 1. The molecule has 1 amide bonds. The summed E-state index contributed by atoms with van der Waals surface area (Å²) in [4.78, 5) is 22.4. The standard InChI is InChI=1S/C36H32N4O3S3/c1-2-40(27-13-7-4-8-14-27)46(42,43)28-19-17-26(18-20-28)34(41)38-36-33(35-37-30-15-9-10-16-31(30)44-35)29-21-22-39(24-32(29)45-36)23-25-11-5-3-6-12-25/h3-20H,2,21-24H2,1H3,(H,38,41). The molecule has 0 spiro atoms. The van der Waals surface area contributed by atoms with Crippen LogP contribution in [-0.2, 0) is 29.5 Å². The van der Waals surface area contributed by atoms with E-state index in [4.69, 9.17) is 4.98 Å². The highest BCUT2D eigenvalue weighted by molar-refractivity contribution is 7.92. The van der Waals surface area contributed by atoms with E-state index in [-0.39, 0.29) is 17.3 Å². The molecule has 10 heteroatoms. The summed E-state index contributed by atoms with van der Waals surface area (Å²) in [6.07, 6.45) is 0.863. The second kappa shape index (κ2) is 12.8. The summed E-state index contributed by atoms with van der Waals surface area (Å²) in [5.74, 6) is -0.290. The number of benzene rings is 4. The maximum Gasteiger partial charge on any atom is 0.264 e. The Morgan fingerprint density at radius 1 is 0.891 bits per heavy atom. The van der Waals surface area contributed by atoms with Crippen molar-refractivity contribution in [3.05, 3.63) is 131 Å². The first kappa shape index (κ1) is 30.3. The number of aromatic nitrogens is 1. The van der Waals surface area contributed by atoms with Crippen molar-refractivity contribution in [2.75, 3.05) is 22.7 Å². The van der Waals surface area contributed by atoms with Gasteiger partial charge in [-0.2, -0.15) is 0 Å². The summed E-state index contributed by atoms with van der Waals surface area (Å²) in [6, 6.07) is 33.8. The van der Waals surface area contributed by atoms with E-state index in [1.165, 1.54) is 32.4 Å². The molecular weight excluding hydrogens is 633 g/mol. The third-order valence-electron chi connectivity index (χ3n) is 8.16. The van der Waals surface area contributed by atoms with Gasteiger partial charge in [-0.05, 0) is 73.0 Å². The van der Waals surface area contributed by atoms with Crippen molar-refractivity contribution in [1.29, 1.82) is 0 Å². The first-order chi connectivity index (χ1) is 22.4. The Morgan fingerprint density at radius 2 is 1.59 bits per heavy atom. The normalized spacial score (nSPS) is 13.4. The zero-order valence-corrected chi connectivity index (χ0v) is 27.7. The SMILES string of the molecule is CCN(c1ccccc1)S(=O)(=O)c1ccc(C(=O)Nc2sc3c(c2-c2nc4ccccc4s2)CCN(Cc2ccccc2)C3)cc1. The molecule has 0 aliphatic carbocycles. The minimum absolute atomic E-state index is 0.134. The van der Waals surface area contributed by atoms with Crippen LogP contribution in [0.2, 0.25) is 0 Å². The lowest BCUT2D eigenvalue weighted by Gasteiger charge is -2.27. The second-order valence-electron chi connectivity index (χ2n) is 11.1. The monoisotopic (exact) mass is 664 g/mol. The van der Waals surface area contributed by atoms with Gasteiger partial charge in [0.05, 0.1) is 20.8 Å². The molecule has 0 atom stereocenters. The Labute approximate surface area is 276 Å². The van der Waals surface area contributed by atoms with E-state index >= 15 is 0 Å². The highest BCUT2D eigenvalue weighted by Gasteiger charge is 2.29. The van der Waals surface area contributed by atoms with Crippen LogP contribution in [0.1, 0.15) is 33.3 Å². The van der Waals surface area contributed by atoms with E-state index in [2.05, 4.69) is 40.5 Å². The number of fused-ring (bicyclic) bond motifs is 2. The molecule has 3 heterocycles. The van der Waals surface area contributed by atoms with Gasteiger partial charge < -0.3 is 5.32 Å². The predicted octanol–water partition coefficient (Wildman–Crippen LogP) is 8.05. The fraction of sp³-hybridized carbons (Fsp3) is 0.167. The molecule has 46 heavy (non-hydrogen) atoms. The van der Waals surface area contributed by atoms with Gasteiger partial charge in [-0.3, -0.25) is 14.0 Å². The number of rotatable bonds is 9. The lowest BCUT2D eigenvalue weighted by atomic mass is 10.0. The van der Waals surface area contributed by atoms with Gasteiger partial charge in [0.25, 0.3) is 15.9 Å². The smallest absolute Gasteiger partial charge is 0.264 e. The number of carbonyl (C=O) groups excluding carboxylic acids is 1. The lowest BCUT2D eigenvalue weighted by molar-refractivity contribution is 0.102. The van der Waals surface area contributed by atoms with E-state index in [9.17, 15) is 13.2 Å². The fourth-order valence-corrected chi connectivity index (χ4v) is 9.76. The van der Waals surface area contributed by atoms with Crippen LogP contribution in [0.5, 0.6) is 0 Å². The molecule has 2 aromatic heterocycles. The van der Waals surface area contributed by atoms with Crippen LogP contribution in [0, 0.1) is 0 Å². The van der Waals surface area contributed by atoms with Gasteiger partial charge in [0.1, 0.15) is 10.0 Å². The van der Waals surface area contributed by atoms with Gasteiger partial charge in [0, 0.05) is 42.2 Å². The van der Waals surface area contributed by atoms with Crippen LogP contribution in [0.25, 0.3) is 20.8 Å². The molecule has 7 rings (SSSR count). The minimum atomic E-state index is -3.80. The third-order valence-corrected chi connectivity index (χ3v) is 12.3. The molecule has 6 aromatic rings. The number of thiophene rings is 1. The van der Waals surface area contributed by atoms with Gasteiger partial charge in [0.15, 0.2) is 0 Å². The number of nitrogens with one attached hydrogen (secondary N) is 1. The summed E-state index contributed by atoms with van der Waals surface area (Å²) in [5, 5.41) is 4.84. The second-order valence-corrected chi connectivity index (χ2v) is 15.1. The van der Waals surface area contributed by atoms with Crippen molar-refractivity contribution in [3.8, 4) is 10.6 Å². The minimum Gasteiger partial charge on any atom is -0.313 e.